The summed E-state index contributed by atoms with van der Waals surface area (Å²) in [7, 11) is 0. The highest BCUT2D eigenvalue weighted by atomic mass is 16.6. The van der Waals surface area contributed by atoms with Gasteiger partial charge in [0.1, 0.15) is 35.9 Å². The molecule has 3 atom stereocenters. The maximum atomic E-state index is 14.1. The first-order valence-corrected chi connectivity index (χ1v) is 20.3. The Balaban J connectivity index is 1.03. The number of ether oxygens (including phenoxy) is 4. The minimum Gasteiger partial charge on any atom is -0.493 e. The van der Waals surface area contributed by atoms with Crippen molar-refractivity contribution in [3.05, 3.63) is 106 Å². The first-order chi connectivity index (χ1) is 27.8. The van der Waals surface area contributed by atoms with E-state index in [1.807, 2.05) is 71.0 Å². The monoisotopic (exact) mass is 790 g/mol. The van der Waals surface area contributed by atoms with E-state index in [0.717, 1.165) is 40.3 Å². The van der Waals surface area contributed by atoms with Crippen LogP contribution in [0.25, 0.3) is 0 Å². The Hall–Kier alpha value is -5.78. The third kappa shape index (κ3) is 9.84. The summed E-state index contributed by atoms with van der Waals surface area (Å²) >= 11 is 0. The summed E-state index contributed by atoms with van der Waals surface area (Å²) in [6, 6.07) is 18.0. The van der Waals surface area contributed by atoms with Gasteiger partial charge in [-0.15, -0.1) is 0 Å². The Morgan fingerprint density at radius 3 is 2.34 bits per heavy atom. The fourth-order valence-corrected chi connectivity index (χ4v) is 7.75. The maximum absolute atomic E-state index is 14.1. The summed E-state index contributed by atoms with van der Waals surface area (Å²) in [5, 5.41) is 15.9. The third-order valence-corrected chi connectivity index (χ3v) is 11.2. The number of benzene rings is 3. The number of hydrogen-bond acceptors (Lipinski definition) is 8. The number of amides is 3. The Bertz CT molecular complexity index is 2110. The second-order valence-electron chi connectivity index (χ2n) is 16.8. The molecule has 0 saturated heterocycles. The van der Waals surface area contributed by atoms with Crippen molar-refractivity contribution in [2.24, 2.45) is 5.92 Å². The predicted octanol–water partition coefficient (Wildman–Crippen LogP) is 8.01. The number of rotatable bonds is 11. The van der Waals surface area contributed by atoms with Crippen molar-refractivity contribution in [1.29, 1.82) is 0 Å². The molecule has 3 unspecified atom stereocenters. The van der Waals surface area contributed by atoms with Crippen LogP contribution in [-0.4, -0.2) is 63.7 Å². The molecule has 1 aliphatic carbocycles. The Kier molecular flexibility index (Phi) is 12.1. The van der Waals surface area contributed by atoms with Gasteiger partial charge < -0.3 is 39.6 Å². The number of aliphatic carboxylic acids is 1. The second-order valence-corrected chi connectivity index (χ2v) is 16.8. The SMILES string of the molecule is Cc1nccc(Oc2ccc(CC(NC(=O)C3Cc4cc5c(cc4CN3C(=O)NC(C)(C)C)OC(c3ccc(OCC4CCCCC4)cc3)CO5)C(=O)O)cc2)c1C. The van der Waals surface area contributed by atoms with Gasteiger partial charge in [-0.25, -0.2) is 9.59 Å². The number of nitrogens with zero attached hydrogens (tertiary/aromatic N) is 2. The van der Waals surface area contributed by atoms with Crippen LogP contribution in [0.15, 0.2) is 72.9 Å². The molecule has 12 heteroatoms. The van der Waals surface area contributed by atoms with Crippen molar-refractivity contribution in [2.45, 2.75) is 110 Å². The van der Waals surface area contributed by atoms with Crippen molar-refractivity contribution in [1.82, 2.24) is 20.5 Å². The van der Waals surface area contributed by atoms with Gasteiger partial charge in [0.05, 0.1) is 6.61 Å². The van der Waals surface area contributed by atoms with Crippen molar-refractivity contribution < 1.29 is 38.4 Å². The molecule has 0 spiro atoms. The lowest BCUT2D eigenvalue weighted by Gasteiger charge is -2.39. The first kappa shape index (κ1) is 40.4. The number of aryl methyl sites for hydroxylation is 1. The molecule has 3 heterocycles. The third-order valence-electron chi connectivity index (χ3n) is 11.2. The smallest absolute Gasteiger partial charge is 0.326 e. The van der Waals surface area contributed by atoms with Crippen molar-refractivity contribution in [3.63, 3.8) is 0 Å². The van der Waals surface area contributed by atoms with Gasteiger partial charge >= 0.3 is 12.0 Å². The molecule has 1 fully saturated rings. The molecule has 7 rings (SSSR count). The quantitative estimate of drug-likeness (QED) is 0.137. The summed E-state index contributed by atoms with van der Waals surface area (Å²) < 4.78 is 24.8. The average Bonchev–Trinajstić information content (AvgIpc) is 3.20. The standard InChI is InChI=1S/C46H54N4O8/c1-28-29(2)47-20-19-39(28)57-36-15-11-30(12-16-36)21-37(44(52)53)48-43(51)38-22-33-23-40-41(24-34(33)25-50(38)45(54)49-46(3,4)5)58-42(27-56-40)32-13-17-35(18-14-32)55-26-31-9-7-6-8-10-31/h11-20,23-24,31,37-38,42H,6-10,21-22,25-27H2,1-5H3,(H,48,51)(H,49,54)(H,52,53). The fourth-order valence-electron chi connectivity index (χ4n) is 7.75. The zero-order chi connectivity index (χ0) is 41.0. The second kappa shape index (κ2) is 17.4. The number of nitrogens with one attached hydrogen (secondary N) is 2. The largest absolute Gasteiger partial charge is 0.493 e. The average molecular weight is 791 g/mol. The van der Waals surface area contributed by atoms with Crippen molar-refractivity contribution in [3.8, 4) is 28.7 Å². The molecule has 2 aliphatic heterocycles. The van der Waals surface area contributed by atoms with E-state index < -0.39 is 35.5 Å². The van der Waals surface area contributed by atoms with E-state index in [2.05, 4.69) is 15.6 Å². The Labute approximate surface area is 340 Å². The van der Waals surface area contributed by atoms with Crippen LogP contribution >= 0.6 is 0 Å². The van der Waals surface area contributed by atoms with Gasteiger partial charge in [-0.05, 0) is 118 Å². The van der Waals surface area contributed by atoms with Crippen molar-refractivity contribution >= 4 is 17.9 Å². The van der Waals surface area contributed by atoms with Gasteiger partial charge in [0.15, 0.2) is 17.6 Å². The number of carbonyl (C=O) groups is 3. The minimum absolute atomic E-state index is 0.0301. The Morgan fingerprint density at radius 1 is 0.931 bits per heavy atom. The molecular formula is C46H54N4O8. The van der Waals surface area contributed by atoms with E-state index >= 15 is 0 Å². The molecule has 4 aromatic rings. The number of urea groups is 1. The summed E-state index contributed by atoms with van der Waals surface area (Å²) in [4.78, 5) is 46.1. The molecule has 58 heavy (non-hydrogen) atoms. The van der Waals surface area contributed by atoms with Gasteiger partial charge in [-0.1, -0.05) is 43.5 Å². The van der Waals surface area contributed by atoms with E-state index in [1.54, 1.807) is 36.5 Å². The predicted molar refractivity (Wildman–Crippen MR) is 219 cm³/mol. The van der Waals surface area contributed by atoms with Gasteiger partial charge in [0.2, 0.25) is 5.91 Å². The van der Waals surface area contributed by atoms with Crippen LogP contribution in [0, 0.1) is 19.8 Å². The maximum Gasteiger partial charge on any atom is 0.326 e. The molecule has 12 nitrogen and oxygen atoms in total. The van der Waals surface area contributed by atoms with E-state index in [1.165, 1.54) is 37.0 Å². The topological polar surface area (TPSA) is 149 Å². The summed E-state index contributed by atoms with van der Waals surface area (Å²) in [6.45, 7) is 10.6. The van der Waals surface area contributed by atoms with Crippen LogP contribution < -0.4 is 29.6 Å². The number of hydrogen-bond donors (Lipinski definition) is 3. The lowest BCUT2D eigenvalue weighted by Crippen LogP contribution is -2.59. The minimum atomic E-state index is -1.24. The fraction of sp³-hybridized carbons (Fsp3) is 0.435. The van der Waals surface area contributed by atoms with Crippen LogP contribution in [0.1, 0.15) is 92.5 Å². The van der Waals surface area contributed by atoms with E-state index in [-0.39, 0.29) is 25.5 Å². The van der Waals surface area contributed by atoms with E-state index in [4.69, 9.17) is 18.9 Å². The first-order valence-electron chi connectivity index (χ1n) is 20.3. The highest BCUT2D eigenvalue weighted by Gasteiger charge is 2.39. The summed E-state index contributed by atoms with van der Waals surface area (Å²) in [6.07, 6.45) is 7.88. The number of carboxylic acid groups (broad SMARTS) is 1. The van der Waals surface area contributed by atoms with Crippen molar-refractivity contribution in [2.75, 3.05) is 13.2 Å². The van der Waals surface area contributed by atoms with Crippen LogP contribution in [0.5, 0.6) is 28.7 Å². The molecule has 3 aromatic carbocycles. The summed E-state index contributed by atoms with van der Waals surface area (Å²) in [5.74, 6) is 2.10. The van der Waals surface area contributed by atoms with Crippen LogP contribution in [0.4, 0.5) is 4.79 Å². The van der Waals surface area contributed by atoms with Gasteiger partial charge in [0.25, 0.3) is 0 Å². The number of carbonyl (C=O) groups excluding carboxylic acids is 2. The van der Waals surface area contributed by atoms with E-state index in [0.29, 0.717) is 41.1 Å². The molecule has 1 aromatic heterocycles. The number of aromatic nitrogens is 1. The van der Waals surface area contributed by atoms with Crippen LogP contribution in [0.3, 0.4) is 0 Å². The van der Waals surface area contributed by atoms with Crippen LogP contribution in [0.2, 0.25) is 0 Å². The number of carboxylic acids is 1. The zero-order valence-electron chi connectivity index (χ0n) is 34.0. The number of pyridine rings is 1. The van der Waals surface area contributed by atoms with Gasteiger partial charge in [-0.2, -0.15) is 0 Å². The molecule has 3 N–H and O–H groups in total. The lowest BCUT2D eigenvalue weighted by molar-refractivity contribution is -0.142. The Morgan fingerprint density at radius 2 is 1.64 bits per heavy atom. The zero-order valence-corrected chi connectivity index (χ0v) is 34.0. The van der Waals surface area contributed by atoms with Gasteiger partial charge in [0, 0.05) is 42.4 Å². The summed E-state index contributed by atoms with van der Waals surface area (Å²) in [5.41, 5.74) is 4.51. The lowest BCUT2D eigenvalue weighted by atomic mass is 9.90. The molecule has 3 aliphatic rings. The molecule has 306 valence electrons. The molecule has 0 bridgehead atoms. The normalized spacial score (nSPS) is 18.4. The van der Waals surface area contributed by atoms with Gasteiger partial charge in [-0.3, -0.25) is 9.78 Å². The molecular weight excluding hydrogens is 737 g/mol. The number of fused-ring (bicyclic) bond motifs is 2. The highest BCUT2D eigenvalue weighted by Crippen LogP contribution is 2.41. The molecule has 0 radical (unpaired) electrons. The van der Waals surface area contributed by atoms with Crippen LogP contribution in [-0.2, 0) is 29.0 Å². The molecule has 1 saturated carbocycles. The van der Waals surface area contributed by atoms with E-state index in [9.17, 15) is 19.5 Å². The highest BCUT2D eigenvalue weighted by molar-refractivity contribution is 5.91. The molecule has 3 amide bonds.